The average Bonchev–Trinajstić information content (AvgIpc) is 2.20. The van der Waals surface area contributed by atoms with Crippen LogP contribution in [0.3, 0.4) is 0 Å². The number of alkyl halides is 1. The van der Waals surface area contributed by atoms with Crippen molar-refractivity contribution in [3.05, 3.63) is 42.1 Å². The predicted molar refractivity (Wildman–Crippen MR) is 71.0 cm³/mol. The van der Waals surface area contributed by atoms with Crippen LogP contribution in [0.4, 0.5) is 0 Å². The summed E-state index contributed by atoms with van der Waals surface area (Å²) in [7, 11) is 0. The summed E-state index contributed by atoms with van der Waals surface area (Å²) in [6.07, 6.45) is 1.84. The standard InChI is InChI=1S/C10H9N.C2H5I/c1-8-6-7-11-10-5-3-2-4-9(8)10;1-2-3/h2-7H,1H3;2H2,1H3. The number of nitrogens with zero attached hydrogens (tertiary/aromatic N) is 1. The summed E-state index contributed by atoms with van der Waals surface area (Å²) in [5.74, 6) is 0. The minimum Gasteiger partial charge on any atom is -0.256 e. The van der Waals surface area contributed by atoms with Crippen LogP contribution >= 0.6 is 22.6 Å². The SMILES string of the molecule is CCI.Cc1ccnc2ccccc12. The highest BCUT2D eigenvalue weighted by Gasteiger charge is 1.93. The van der Waals surface area contributed by atoms with Crippen LogP contribution in [0.25, 0.3) is 10.9 Å². The first-order valence-corrected chi connectivity index (χ1v) is 6.18. The van der Waals surface area contributed by atoms with E-state index in [-0.39, 0.29) is 0 Å². The average molecular weight is 299 g/mol. The van der Waals surface area contributed by atoms with Crippen molar-refractivity contribution in [1.29, 1.82) is 0 Å². The molecule has 0 aliphatic carbocycles. The highest BCUT2D eigenvalue weighted by atomic mass is 127. The molecule has 14 heavy (non-hydrogen) atoms. The number of pyridine rings is 1. The summed E-state index contributed by atoms with van der Waals surface area (Å²) in [5, 5.41) is 1.25. The normalized spacial score (nSPS) is 9.36. The van der Waals surface area contributed by atoms with E-state index in [9.17, 15) is 0 Å². The Hall–Kier alpha value is -0.640. The maximum absolute atomic E-state index is 4.24. The van der Waals surface area contributed by atoms with E-state index in [1.165, 1.54) is 15.4 Å². The smallest absolute Gasteiger partial charge is 0.0704 e. The van der Waals surface area contributed by atoms with Crippen molar-refractivity contribution in [2.75, 3.05) is 4.43 Å². The van der Waals surface area contributed by atoms with Gasteiger partial charge < -0.3 is 0 Å². The lowest BCUT2D eigenvalue weighted by molar-refractivity contribution is 1.37. The van der Waals surface area contributed by atoms with Gasteiger partial charge in [0.25, 0.3) is 0 Å². The van der Waals surface area contributed by atoms with Gasteiger partial charge in [-0.2, -0.15) is 0 Å². The van der Waals surface area contributed by atoms with Crippen LogP contribution in [0.1, 0.15) is 12.5 Å². The lowest BCUT2D eigenvalue weighted by Crippen LogP contribution is -1.79. The van der Waals surface area contributed by atoms with E-state index in [0.29, 0.717) is 0 Å². The number of halogens is 1. The second kappa shape index (κ2) is 5.96. The zero-order chi connectivity index (χ0) is 10.4. The van der Waals surface area contributed by atoms with Gasteiger partial charge in [-0.1, -0.05) is 47.7 Å². The molecule has 2 heteroatoms. The van der Waals surface area contributed by atoms with E-state index >= 15 is 0 Å². The molecule has 0 spiro atoms. The van der Waals surface area contributed by atoms with Gasteiger partial charge in [-0.25, -0.2) is 0 Å². The zero-order valence-corrected chi connectivity index (χ0v) is 10.7. The molecule has 1 aromatic carbocycles. The van der Waals surface area contributed by atoms with Crippen LogP contribution in [0.2, 0.25) is 0 Å². The molecule has 0 fully saturated rings. The fourth-order valence-corrected chi connectivity index (χ4v) is 1.24. The van der Waals surface area contributed by atoms with Crippen LogP contribution in [0.5, 0.6) is 0 Å². The number of aryl methyl sites for hydroxylation is 1. The van der Waals surface area contributed by atoms with Gasteiger partial charge in [0.2, 0.25) is 0 Å². The molecule has 0 N–H and O–H groups in total. The summed E-state index contributed by atoms with van der Waals surface area (Å²) in [5.41, 5.74) is 2.36. The molecule has 0 saturated heterocycles. The Morgan fingerprint density at radius 1 is 1.21 bits per heavy atom. The summed E-state index contributed by atoms with van der Waals surface area (Å²) in [6.45, 7) is 4.21. The molecule has 0 bridgehead atoms. The van der Waals surface area contributed by atoms with Crippen LogP contribution in [0.15, 0.2) is 36.5 Å². The third kappa shape index (κ3) is 2.94. The molecule has 0 amide bonds. The summed E-state index contributed by atoms with van der Waals surface area (Å²) < 4.78 is 1.22. The van der Waals surface area contributed by atoms with E-state index < -0.39 is 0 Å². The van der Waals surface area contributed by atoms with E-state index in [0.717, 1.165) is 5.52 Å². The fraction of sp³-hybridized carbons (Fsp3) is 0.250. The van der Waals surface area contributed by atoms with Gasteiger partial charge in [0.05, 0.1) is 5.52 Å². The van der Waals surface area contributed by atoms with E-state index in [4.69, 9.17) is 0 Å². The Kier molecular flexibility index (Phi) is 4.87. The number of fused-ring (bicyclic) bond motifs is 1. The molecular formula is C12H14IN. The lowest BCUT2D eigenvalue weighted by atomic mass is 10.1. The van der Waals surface area contributed by atoms with Gasteiger partial charge in [0.15, 0.2) is 0 Å². The molecule has 1 heterocycles. The number of benzene rings is 1. The van der Waals surface area contributed by atoms with Gasteiger partial charge in [0.1, 0.15) is 0 Å². The molecule has 0 aliphatic heterocycles. The van der Waals surface area contributed by atoms with Gasteiger partial charge >= 0.3 is 0 Å². The van der Waals surface area contributed by atoms with Crippen LogP contribution in [0, 0.1) is 6.92 Å². The second-order valence-electron chi connectivity index (χ2n) is 2.91. The van der Waals surface area contributed by atoms with Crippen molar-refractivity contribution in [3.63, 3.8) is 0 Å². The van der Waals surface area contributed by atoms with Crippen molar-refractivity contribution in [1.82, 2.24) is 4.98 Å². The number of hydrogen-bond donors (Lipinski definition) is 0. The van der Waals surface area contributed by atoms with E-state index in [1.54, 1.807) is 0 Å². The number of hydrogen-bond acceptors (Lipinski definition) is 1. The first-order valence-electron chi connectivity index (χ1n) is 4.66. The molecule has 0 saturated carbocycles. The first kappa shape index (κ1) is 11.4. The van der Waals surface area contributed by atoms with Crippen molar-refractivity contribution in [2.24, 2.45) is 0 Å². The van der Waals surface area contributed by atoms with Gasteiger partial charge in [-0.3, -0.25) is 4.98 Å². The van der Waals surface area contributed by atoms with E-state index in [1.807, 2.05) is 30.5 Å². The Labute approximate surface area is 98.7 Å². The largest absolute Gasteiger partial charge is 0.256 e. The van der Waals surface area contributed by atoms with Crippen LogP contribution < -0.4 is 0 Å². The second-order valence-corrected chi connectivity index (χ2v) is 4.44. The highest BCUT2D eigenvalue weighted by molar-refractivity contribution is 14.1. The molecule has 0 aliphatic rings. The monoisotopic (exact) mass is 299 g/mol. The molecule has 1 aromatic heterocycles. The summed E-state index contributed by atoms with van der Waals surface area (Å²) >= 11 is 2.29. The molecule has 2 rings (SSSR count). The molecule has 0 unspecified atom stereocenters. The number of rotatable bonds is 0. The Morgan fingerprint density at radius 2 is 1.86 bits per heavy atom. The topological polar surface area (TPSA) is 12.9 Å². The molecule has 0 radical (unpaired) electrons. The third-order valence-electron chi connectivity index (χ3n) is 1.87. The first-order chi connectivity index (χ1) is 6.79. The van der Waals surface area contributed by atoms with Gasteiger partial charge in [-0.05, 0) is 29.0 Å². The van der Waals surface area contributed by atoms with E-state index in [2.05, 4.69) is 47.5 Å². The maximum Gasteiger partial charge on any atom is 0.0704 e. The fourth-order valence-electron chi connectivity index (χ4n) is 1.24. The van der Waals surface area contributed by atoms with Crippen LogP contribution in [-0.2, 0) is 0 Å². The maximum atomic E-state index is 4.24. The third-order valence-corrected chi connectivity index (χ3v) is 1.87. The minimum absolute atomic E-state index is 1.08. The molecule has 0 atom stereocenters. The zero-order valence-electron chi connectivity index (χ0n) is 8.50. The predicted octanol–water partition coefficient (Wildman–Crippen LogP) is 3.98. The molecular weight excluding hydrogens is 285 g/mol. The molecule has 2 aromatic rings. The van der Waals surface area contributed by atoms with Crippen molar-refractivity contribution >= 4 is 33.5 Å². The van der Waals surface area contributed by atoms with Crippen LogP contribution in [-0.4, -0.2) is 9.41 Å². The van der Waals surface area contributed by atoms with Crippen molar-refractivity contribution in [2.45, 2.75) is 13.8 Å². The molecule has 74 valence electrons. The summed E-state index contributed by atoms with van der Waals surface area (Å²) in [6, 6.07) is 10.2. The quantitative estimate of drug-likeness (QED) is 0.529. The highest BCUT2D eigenvalue weighted by Crippen LogP contribution is 2.13. The minimum atomic E-state index is 1.08. The van der Waals surface area contributed by atoms with Crippen molar-refractivity contribution in [3.8, 4) is 0 Å². The lowest BCUT2D eigenvalue weighted by Gasteiger charge is -1.97. The van der Waals surface area contributed by atoms with Gasteiger partial charge in [0, 0.05) is 11.6 Å². The summed E-state index contributed by atoms with van der Waals surface area (Å²) in [4.78, 5) is 4.24. The Bertz CT molecular complexity index is 393. The van der Waals surface area contributed by atoms with Crippen molar-refractivity contribution < 1.29 is 0 Å². The number of aromatic nitrogens is 1. The number of para-hydroxylation sites is 1. The Balaban J connectivity index is 0.000000293. The Morgan fingerprint density at radius 3 is 2.50 bits per heavy atom. The van der Waals surface area contributed by atoms with Gasteiger partial charge in [-0.15, -0.1) is 0 Å². The molecule has 1 nitrogen and oxygen atoms in total.